The van der Waals surface area contributed by atoms with Crippen LogP contribution < -0.4 is 14.8 Å². The molecule has 0 bridgehead atoms. The fourth-order valence-electron chi connectivity index (χ4n) is 2.33. The summed E-state index contributed by atoms with van der Waals surface area (Å²) in [4.78, 5) is 12.4. The van der Waals surface area contributed by atoms with Gasteiger partial charge in [-0.1, -0.05) is 31.2 Å². The Morgan fingerprint density at radius 3 is 2.63 bits per heavy atom. The molecule has 0 unspecified atom stereocenters. The number of para-hydroxylation sites is 2. The summed E-state index contributed by atoms with van der Waals surface area (Å²) in [6, 6.07) is 12.9. The Labute approximate surface area is 158 Å². The minimum atomic E-state index is -0.703. The normalized spacial score (nSPS) is 10.8. The number of hydrogen-bond donors (Lipinski definition) is 1. The van der Waals surface area contributed by atoms with Gasteiger partial charge in [-0.15, -0.1) is 0 Å². The second-order valence-electron chi connectivity index (χ2n) is 5.56. The molecule has 0 radical (unpaired) electrons. The van der Waals surface area contributed by atoms with Gasteiger partial charge in [0.1, 0.15) is 17.5 Å². The first-order valence-corrected chi connectivity index (χ1v) is 8.67. The summed E-state index contributed by atoms with van der Waals surface area (Å²) in [5, 5.41) is 11.8. The molecule has 0 atom stereocenters. The summed E-state index contributed by atoms with van der Waals surface area (Å²) in [5.74, 6) is -0.279. The summed E-state index contributed by atoms with van der Waals surface area (Å²) < 4.78 is 25.1. The molecule has 0 fully saturated rings. The van der Waals surface area contributed by atoms with Gasteiger partial charge >= 0.3 is 0 Å². The van der Waals surface area contributed by atoms with E-state index in [-0.39, 0.29) is 11.3 Å². The monoisotopic (exact) mass is 368 g/mol. The summed E-state index contributed by atoms with van der Waals surface area (Å²) >= 11 is 0. The molecule has 6 heteroatoms. The molecule has 140 valence electrons. The van der Waals surface area contributed by atoms with Gasteiger partial charge in [0.05, 0.1) is 18.9 Å². The molecule has 1 N–H and O–H groups in total. The summed E-state index contributed by atoms with van der Waals surface area (Å²) in [5.41, 5.74) is 0.372. The standard InChI is InChI=1S/C21H21FN2O3/c1-3-12-27-20-15(8-7-11-19(20)26-4-2)13-16(14-23)21(25)24-18-10-6-5-9-17(18)22/h5-11,13H,3-4,12H2,1-2H3,(H,24,25)/b16-13+. The Bertz CT molecular complexity index is 872. The first-order valence-electron chi connectivity index (χ1n) is 8.67. The minimum Gasteiger partial charge on any atom is -0.490 e. The zero-order chi connectivity index (χ0) is 19.6. The third-order valence-electron chi connectivity index (χ3n) is 3.55. The lowest BCUT2D eigenvalue weighted by molar-refractivity contribution is -0.112. The predicted octanol–water partition coefficient (Wildman–Crippen LogP) is 4.56. The van der Waals surface area contributed by atoms with Crippen molar-refractivity contribution in [1.82, 2.24) is 0 Å². The Morgan fingerprint density at radius 2 is 1.96 bits per heavy atom. The topological polar surface area (TPSA) is 71.3 Å². The number of nitrogens with zero attached hydrogens (tertiary/aromatic N) is 1. The van der Waals surface area contributed by atoms with Gasteiger partial charge in [0.25, 0.3) is 5.91 Å². The average Bonchev–Trinajstić information content (AvgIpc) is 2.67. The highest BCUT2D eigenvalue weighted by atomic mass is 19.1. The Morgan fingerprint density at radius 1 is 1.19 bits per heavy atom. The first-order chi connectivity index (χ1) is 13.1. The SMILES string of the molecule is CCCOc1c(/C=C(\C#N)C(=O)Nc2ccccc2F)cccc1OCC. The molecule has 0 aromatic heterocycles. The molecule has 0 saturated carbocycles. The van der Waals surface area contributed by atoms with Crippen molar-refractivity contribution in [3.8, 4) is 17.6 Å². The van der Waals surface area contributed by atoms with Crippen molar-refractivity contribution >= 4 is 17.7 Å². The summed E-state index contributed by atoms with van der Waals surface area (Å²) in [6.07, 6.45) is 2.20. The number of halogens is 1. The van der Waals surface area contributed by atoms with Gasteiger partial charge in [-0.05, 0) is 37.6 Å². The van der Waals surface area contributed by atoms with Crippen LogP contribution in [0.3, 0.4) is 0 Å². The van der Waals surface area contributed by atoms with Gasteiger partial charge in [0, 0.05) is 5.56 Å². The van der Waals surface area contributed by atoms with E-state index < -0.39 is 11.7 Å². The highest BCUT2D eigenvalue weighted by Crippen LogP contribution is 2.33. The maximum Gasteiger partial charge on any atom is 0.266 e. The van der Waals surface area contributed by atoms with Gasteiger partial charge in [0.15, 0.2) is 11.5 Å². The lowest BCUT2D eigenvalue weighted by Gasteiger charge is -2.14. The molecule has 0 aliphatic carbocycles. The average molecular weight is 368 g/mol. The zero-order valence-corrected chi connectivity index (χ0v) is 15.3. The van der Waals surface area contributed by atoms with Crippen LogP contribution in [0.4, 0.5) is 10.1 Å². The van der Waals surface area contributed by atoms with Gasteiger partial charge in [0.2, 0.25) is 0 Å². The lowest BCUT2D eigenvalue weighted by Crippen LogP contribution is -2.14. The molecular formula is C21H21FN2O3. The van der Waals surface area contributed by atoms with Crippen LogP contribution in [0.2, 0.25) is 0 Å². The Hall–Kier alpha value is -3.33. The molecule has 2 aromatic rings. The van der Waals surface area contributed by atoms with Crippen LogP contribution in [0, 0.1) is 17.1 Å². The van der Waals surface area contributed by atoms with E-state index in [1.807, 2.05) is 19.9 Å². The highest BCUT2D eigenvalue weighted by Gasteiger charge is 2.15. The molecule has 2 aromatic carbocycles. The number of amides is 1. The fraction of sp³-hybridized carbons (Fsp3) is 0.238. The van der Waals surface area contributed by atoms with E-state index in [1.54, 1.807) is 24.3 Å². The van der Waals surface area contributed by atoms with Crippen LogP contribution in [0.5, 0.6) is 11.5 Å². The molecule has 0 heterocycles. The number of benzene rings is 2. The van der Waals surface area contributed by atoms with Gasteiger partial charge in [-0.3, -0.25) is 4.79 Å². The number of nitriles is 1. The van der Waals surface area contributed by atoms with Gasteiger partial charge in [-0.2, -0.15) is 5.26 Å². The highest BCUT2D eigenvalue weighted by molar-refractivity contribution is 6.09. The molecule has 1 amide bonds. The summed E-state index contributed by atoms with van der Waals surface area (Å²) in [7, 11) is 0. The van der Waals surface area contributed by atoms with Crippen LogP contribution in [-0.4, -0.2) is 19.1 Å². The second kappa shape index (κ2) is 9.97. The van der Waals surface area contributed by atoms with Crippen LogP contribution in [0.25, 0.3) is 6.08 Å². The van der Waals surface area contributed by atoms with Crippen molar-refractivity contribution in [2.75, 3.05) is 18.5 Å². The molecule has 27 heavy (non-hydrogen) atoms. The predicted molar refractivity (Wildman–Crippen MR) is 102 cm³/mol. The number of rotatable bonds is 8. The lowest BCUT2D eigenvalue weighted by atomic mass is 10.1. The van der Waals surface area contributed by atoms with Gasteiger partial charge < -0.3 is 14.8 Å². The minimum absolute atomic E-state index is 0.00849. The van der Waals surface area contributed by atoms with Crippen LogP contribution in [-0.2, 0) is 4.79 Å². The number of anilines is 1. The van der Waals surface area contributed by atoms with Gasteiger partial charge in [-0.25, -0.2) is 4.39 Å². The molecule has 0 spiro atoms. The molecule has 2 rings (SSSR count). The number of nitrogens with one attached hydrogen (secondary N) is 1. The molecule has 0 saturated heterocycles. The zero-order valence-electron chi connectivity index (χ0n) is 15.3. The van der Waals surface area contributed by atoms with Crippen molar-refractivity contribution in [3.63, 3.8) is 0 Å². The quantitative estimate of drug-likeness (QED) is 0.548. The summed E-state index contributed by atoms with van der Waals surface area (Å²) in [6.45, 7) is 4.75. The Balaban J connectivity index is 2.36. The van der Waals surface area contributed by atoms with Crippen molar-refractivity contribution in [2.24, 2.45) is 0 Å². The van der Waals surface area contributed by atoms with E-state index in [9.17, 15) is 14.4 Å². The number of hydrogen-bond acceptors (Lipinski definition) is 4. The smallest absolute Gasteiger partial charge is 0.266 e. The van der Waals surface area contributed by atoms with E-state index in [1.165, 1.54) is 24.3 Å². The van der Waals surface area contributed by atoms with Crippen LogP contribution >= 0.6 is 0 Å². The number of carbonyl (C=O) groups is 1. The van der Waals surface area contributed by atoms with E-state index in [2.05, 4.69) is 5.32 Å². The van der Waals surface area contributed by atoms with Crippen molar-refractivity contribution < 1.29 is 18.7 Å². The maximum atomic E-state index is 13.7. The number of ether oxygens (including phenoxy) is 2. The molecule has 0 aliphatic rings. The van der Waals surface area contributed by atoms with Crippen LogP contribution in [0.15, 0.2) is 48.0 Å². The maximum absolute atomic E-state index is 13.7. The van der Waals surface area contributed by atoms with E-state index >= 15 is 0 Å². The van der Waals surface area contributed by atoms with E-state index in [0.717, 1.165) is 6.42 Å². The molecular weight excluding hydrogens is 347 g/mol. The van der Waals surface area contributed by atoms with E-state index in [4.69, 9.17) is 9.47 Å². The number of carbonyl (C=O) groups excluding carboxylic acids is 1. The molecule has 5 nitrogen and oxygen atoms in total. The second-order valence-corrected chi connectivity index (χ2v) is 5.56. The molecule has 0 aliphatic heterocycles. The largest absolute Gasteiger partial charge is 0.490 e. The third kappa shape index (κ3) is 5.32. The fourth-order valence-corrected chi connectivity index (χ4v) is 2.33. The van der Waals surface area contributed by atoms with Crippen molar-refractivity contribution in [1.29, 1.82) is 5.26 Å². The van der Waals surface area contributed by atoms with Crippen molar-refractivity contribution in [2.45, 2.75) is 20.3 Å². The Kier molecular flexibility index (Phi) is 7.38. The third-order valence-corrected chi connectivity index (χ3v) is 3.55. The van der Waals surface area contributed by atoms with Crippen LogP contribution in [0.1, 0.15) is 25.8 Å². The first kappa shape index (κ1) is 20.0. The van der Waals surface area contributed by atoms with E-state index in [0.29, 0.717) is 30.3 Å². The van der Waals surface area contributed by atoms with Crippen molar-refractivity contribution in [3.05, 3.63) is 59.4 Å².